The maximum atomic E-state index is 13.7. The standard InChI is InChI=1S/C22H29N5O4/c1-5-24(6-2)20(28)17-25(19-12-14-23-15-13-19)21(29)26(27(3,4)22(30)31)16-18-10-8-7-9-11-18/h7-15H,5-6,16-17H2,1-4H3/p+1. The van der Waals surface area contributed by atoms with E-state index < -0.39 is 16.7 Å². The van der Waals surface area contributed by atoms with Gasteiger partial charge in [0.25, 0.3) is 0 Å². The number of likely N-dealkylation sites (N-methyl/N-ethyl adjacent to an activating group) is 1. The Balaban J connectivity index is 2.48. The summed E-state index contributed by atoms with van der Waals surface area (Å²) in [5, 5.41) is 11.0. The molecule has 0 bridgehead atoms. The molecule has 0 saturated carbocycles. The quantitative estimate of drug-likeness (QED) is 0.540. The number of anilines is 1. The van der Waals surface area contributed by atoms with Gasteiger partial charge in [-0.05, 0) is 31.5 Å². The Morgan fingerprint density at radius 3 is 2.06 bits per heavy atom. The fourth-order valence-electron chi connectivity index (χ4n) is 3.06. The summed E-state index contributed by atoms with van der Waals surface area (Å²) in [6, 6.07) is 11.8. The summed E-state index contributed by atoms with van der Waals surface area (Å²) in [5.74, 6) is -0.226. The maximum Gasteiger partial charge on any atom is 0.538 e. The van der Waals surface area contributed by atoms with Crippen LogP contribution in [-0.2, 0) is 11.3 Å². The van der Waals surface area contributed by atoms with Crippen LogP contribution in [0.15, 0.2) is 54.9 Å². The van der Waals surface area contributed by atoms with Crippen LogP contribution in [0.4, 0.5) is 15.3 Å². The fourth-order valence-corrected chi connectivity index (χ4v) is 3.06. The molecular weight excluding hydrogens is 398 g/mol. The lowest BCUT2D eigenvalue weighted by atomic mass is 10.2. The highest BCUT2D eigenvalue weighted by Crippen LogP contribution is 2.21. The molecule has 0 aliphatic heterocycles. The highest BCUT2D eigenvalue weighted by atomic mass is 16.4. The second-order valence-electron chi connectivity index (χ2n) is 7.36. The smallest absolute Gasteiger partial charge is 0.434 e. The van der Waals surface area contributed by atoms with Crippen molar-refractivity contribution in [1.82, 2.24) is 14.9 Å². The van der Waals surface area contributed by atoms with Gasteiger partial charge < -0.3 is 10.0 Å². The van der Waals surface area contributed by atoms with E-state index in [1.165, 1.54) is 36.4 Å². The Labute approximate surface area is 182 Å². The lowest BCUT2D eigenvalue weighted by molar-refractivity contribution is -0.926. The van der Waals surface area contributed by atoms with Crippen LogP contribution in [0.25, 0.3) is 0 Å². The summed E-state index contributed by atoms with van der Waals surface area (Å²) in [6.07, 6.45) is 1.85. The number of amides is 4. The molecule has 0 aliphatic carbocycles. The Hall–Kier alpha value is -3.46. The number of quaternary nitrogens is 1. The molecule has 1 heterocycles. The Morgan fingerprint density at radius 1 is 0.968 bits per heavy atom. The van der Waals surface area contributed by atoms with Crippen molar-refractivity contribution in [2.45, 2.75) is 20.4 Å². The number of carbonyl (C=O) groups is 3. The van der Waals surface area contributed by atoms with Gasteiger partial charge >= 0.3 is 12.1 Å². The molecule has 4 amide bonds. The minimum atomic E-state index is -1.20. The van der Waals surface area contributed by atoms with Crippen LogP contribution in [0.5, 0.6) is 0 Å². The van der Waals surface area contributed by atoms with Gasteiger partial charge in [-0.25, -0.2) is 4.79 Å². The van der Waals surface area contributed by atoms with Crippen molar-refractivity contribution in [2.24, 2.45) is 0 Å². The number of carbonyl (C=O) groups excluding carboxylic acids is 2. The van der Waals surface area contributed by atoms with Crippen LogP contribution in [0.1, 0.15) is 19.4 Å². The Morgan fingerprint density at radius 2 is 1.55 bits per heavy atom. The second-order valence-corrected chi connectivity index (χ2v) is 7.36. The molecule has 0 fully saturated rings. The van der Waals surface area contributed by atoms with E-state index in [9.17, 15) is 19.5 Å². The Kier molecular flexibility index (Phi) is 8.09. The van der Waals surface area contributed by atoms with Crippen molar-refractivity contribution in [3.05, 3.63) is 60.4 Å². The molecule has 0 saturated heterocycles. The van der Waals surface area contributed by atoms with E-state index in [2.05, 4.69) is 4.98 Å². The highest BCUT2D eigenvalue weighted by Gasteiger charge is 2.41. The molecule has 0 atom stereocenters. The van der Waals surface area contributed by atoms with Crippen LogP contribution in [-0.4, -0.2) is 76.4 Å². The summed E-state index contributed by atoms with van der Waals surface area (Å²) in [6.45, 7) is 4.60. The zero-order valence-electron chi connectivity index (χ0n) is 18.4. The van der Waals surface area contributed by atoms with Crippen LogP contribution in [0, 0.1) is 0 Å². The third-order valence-electron chi connectivity index (χ3n) is 5.08. The van der Waals surface area contributed by atoms with Crippen molar-refractivity contribution < 1.29 is 24.1 Å². The molecule has 2 aromatic rings. The van der Waals surface area contributed by atoms with E-state index in [0.29, 0.717) is 18.8 Å². The first kappa shape index (κ1) is 23.8. The van der Waals surface area contributed by atoms with E-state index in [1.54, 1.807) is 17.0 Å². The molecule has 2 rings (SSSR count). The summed E-state index contributed by atoms with van der Waals surface area (Å²) in [7, 11) is 2.83. The lowest BCUT2D eigenvalue weighted by Crippen LogP contribution is -2.63. The molecule has 0 aliphatic rings. The van der Waals surface area contributed by atoms with Crippen LogP contribution >= 0.6 is 0 Å². The van der Waals surface area contributed by atoms with Crippen molar-refractivity contribution in [2.75, 3.05) is 38.6 Å². The van der Waals surface area contributed by atoms with E-state index in [4.69, 9.17) is 0 Å². The molecule has 1 N–H and O–H groups in total. The predicted octanol–water partition coefficient (Wildman–Crippen LogP) is 3.05. The van der Waals surface area contributed by atoms with Gasteiger partial charge in [-0.3, -0.25) is 14.7 Å². The third-order valence-corrected chi connectivity index (χ3v) is 5.08. The Bertz CT molecular complexity index is 885. The van der Waals surface area contributed by atoms with Gasteiger partial charge in [-0.1, -0.05) is 30.3 Å². The minimum Gasteiger partial charge on any atom is -0.434 e. The van der Waals surface area contributed by atoms with Crippen LogP contribution < -0.4 is 4.90 Å². The van der Waals surface area contributed by atoms with Gasteiger partial charge in [-0.15, -0.1) is 4.59 Å². The van der Waals surface area contributed by atoms with Gasteiger partial charge in [-0.2, -0.15) is 9.80 Å². The van der Waals surface area contributed by atoms with Crippen LogP contribution in [0.3, 0.4) is 0 Å². The van der Waals surface area contributed by atoms with Gasteiger partial charge in [0, 0.05) is 31.2 Å². The molecule has 166 valence electrons. The number of rotatable bonds is 7. The zero-order chi connectivity index (χ0) is 23.0. The molecule has 0 radical (unpaired) electrons. The van der Waals surface area contributed by atoms with Gasteiger partial charge in [0.2, 0.25) is 5.91 Å². The van der Waals surface area contributed by atoms with Crippen molar-refractivity contribution in [3.63, 3.8) is 0 Å². The average Bonchev–Trinajstić information content (AvgIpc) is 2.77. The summed E-state index contributed by atoms with van der Waals surface area (Å²) in [4.78, 5) is 45.5. The maximum absolute atomic E-state index is 13.7. The summed E-state index contributed by atoms with van der Waals surface area (Å²) < 4.78 is -0.727. The topological polar surface area (TPSA) is 94.1 Å². The molecule has 1 aromatic heterocycles. The lowest BCUT2D eigenvalue weighted by Gasteiger charge is -2.38. The molecule has 31 heavy (non-hydrogen) atoms. The minimum absolute atomic E-state index is 0.0556. The van der Waals surface area contributed by atoms with Gasteiger partial charge in [0.05, 0.1) is 6.54 Å². The van der Waals surface area contributed by atoms with Crippen molar-refractivity contribution >= 4 is 23.7 Å². The normalized spacial score (nSPS) is 11.0. The number of carboxylic acid groups (broad SMARTS) is 1. The number of hydrogen-bond donors (Lipinski definition) is 1. The van der Waals surface area contributed by atoms with Crippen molar-refractivity contribution in [1.29, 1.82) is 0 Å². The first-order valence-electron chi connectivity index (χ1n) is 10.1. The number of hydrogen-bond acceptors (Lipinski definition) is 4. The van der Waals surface area contributed by atoms with E-state index in [1.807, 2.05) is 44.2 Å². The summed E-state index contributed by atoms with van der Waals surface area (Å²) >= 11 is 0. The number of nitrogens with zero attached hydrogens (tertiary/aromatic N) is 5. The first-order chi connectivity index (χ1) is 14.7. The third kappa shape index (κ3) is 5.79. The number of urea groups is 1. The predicted molar refractivity (Wildman–Crippen MR) is 117 cm³/mol. The number of aromatic nitrogens is 1. The fraction of sp³-hybridized carbons (Fsp3) is 0.364. The average molecular weight is 429 g/mol. The van der Waals surface area contributed by atoms with E-state index >= 15 is 0 Å². The van der Waals surface area contributed by atoms with E-state index in [-0.39, 0.29) is 19.0 Å². The largest absolute Gasteiger partial charge is 0.538 e. The first-order valence-corrected chi connectivity index (χ1v) is 10.1. The van der Waals surface area contributed by atoms with Crippen molar-refractivity contribution in [3.8, 4) is 0 Å². The van der Waals surface area contributed by atoms with E-state index in [0.717, 1.165) is 5.56 Å². The molecule has 9 heteroatoms. The van der Waals surface area contributed by atoms with Gasteiger partial charge in [0.15, 0.2) is 0 Å². The number of pyridine rings is 1. The SMILES string of the molecule is CCN(CC)C(=O)CN(C(=O)N(Cc1ccccc1)[N+](C)(C)C(=O)O)c1ccncc1. The molecule has 9 nitrogen and oxygen atoms in total. The monoisotopic (exact) mass is 428 g/mol. The van der Waals surface area contributed by atoms with Crippen LogP contribution in [0.2, 0.25) is 0 Å². The number of benzene rings is 1. The molecular formula is C22H30N5O4+. The highest BCUT2D eigenvalue weighted by molar-refractivity contribution is 5.97. The van der Waals surface area contributed by atoms with Gasteiger partial charge in [0.1, 0.15) is 20.6 Å². The zero-order valence-corrected chi connectivity index (χ0v) is 18.4. The molecule has 0 unspecified atom stereocenters. The molecule has 0 spiro atoms. The molecule has 1 aromatic carbocycles. The summed E-state index contributed by atoms with van der Waals surface area (Å²) in [5.41, 5.74) is 1.23. The second kappa shape index (κ2) is 10.5.